The van der Waals surface area contributed by atoms with E-state index in [2.05, 4.69) is 53.5 Å². The summed E-state index contributed by atoms with van der Waals surface area (Å²) in [6.45, 7) is 8.72. The number of guanidine groups is 1. The molecule has 26 heavy (non-hydrogen) atoms. The molecule has 0 bridgehead atoms. The maximum Gasteiger partial charge on any atom is 0.191 e. The van der Waals surface area contributed by atoms with Gasteiger partial charge in [-0.15, -0.1) is 11.3 Å². The third-order valence-corrected chi connectivity index (χ3v) is 4.94. The molecule has 0 aliphatic heterocycles. The lowest BCUT2D eigenvalue weighted by molar-refractivity contribution is 0.271. The van der Waals surface area contributed by atoms with Crippen molar-refractivity contribution in [3.63, 3.8) is 0 Å². The fourth-order valence-corrected chi connectivity index (χ4v) is 3.12. The number of ether oxygens (including phenoxy) is 1. The number of aromatic nitrogens is 1. The largest absolute Gasteiger partial charge is 0.493 e. The molecule has 6 heteroatoms. The highest BCUT2D eigenvalue weighted by molar-refractivity contribution is 7.11. The average Bonchev–Trinajstić information content (AvgIpc) is 3.12. The average molecular weight is 375 g/mol. The number of hydrogen-bond acceptors (Lipinski definition) is 4. The van der Waals surface area contributed by atoms with Crippen LogP contribution in [-0.4, -0.2) is 31.1 Å². The molecule has 2 N–H and O–H groups in total. The standard InChI is InChI=1S/C20H30N4OS/c1-5-18-12-23-19(26-18)13-24-20(21-4)22-11-10-16-6-8-17(9-7-16)25-14-15(2)3/h6-9,12,15H,5,10-11,13-14H2,1-4H3,(H2,21,22,24). The van der Waals surface area contributed by atoms with Gasteiger partial charge in [0.1, 0.15) is 10.8 Å². The molecule has 5 nitrogen and oxygen atoms in total. The maximum absolute atomic E-state index is 5.72. The summed E-state index contributed by atoms with van der Waals surface area (Å²) in [5.74, 6) is 2.27. The molecule has 142 valence electrons. The van der Waals surface area contributed by atoms with E-state index in [4.69, 9.17) is 4.74 Å². The van der Waals surface area contributed by atoms with E-state index in [1.165, 1.54) is 10.4 Å². The minimum absolute atomic E-state index is 0.538. The highest BCUT2D eigenvalue weighted by atomic mass is 32.1. The van der Waals surface area contributed by atoms with Crippen molar-refractivity contribution in [2.24, 2.45) is 10.9 Å². The van der Waals surface area contributed by atoms with Gasteiger partial charge in [-0.1, -0.05) is 32.9 Å². The molecule has 0 fully saturated rings. The van der Waals surface area contributed by atoms with Crippen molar-refractivity contribution in [3.05, 3.63) is 45.9 Å². The number of rotatable bonds is 9. The molecule has 0 saturated heterocycles. The SMILES string of the molecule is CCc1cnc(CNC(=NC)NCCc2ccc(OCC(C)C)cc2)s1. The Hall–Kier alpha value is -2.08. The van der Waals surface area contributed by atoms with Crippen molar-refractivity contribution in [2.75, 3.05) is 20.2 Å². The summed E-state index contributed by atoms with van der Waals surface area (Å²) in [5.41, 5.74) is 1.28. The zero-order valence-electron chi connectivity index (χ0n) is 16.2. The number of thiazole rings is 1. The summed E-state index contributed by atoms with van der Waals surface area (Å²) >= 11 is 1.74. The van der Waals surface area contributed by atoms with Crippen molar-refractivity contribution < 1.29 is 4.74 Å². The normalized spacial score (nSPS) is 11.7. The first-order valence-electron chi connectivity index (χ1n) is 9.20. The van der Waals surface area contributed by atoms with E-state index < -0.39 is 0 Å². The van der Waals surface area contributed by atoms with Crippen LogP contribution in [0.25, 0.3) is 0 Å². The van der Waals surface area contributed by atoms with Gasteiger partial charge in [-0.3, -0.25) is 4.99 Å². The minimum Gasteiger partial charge on any atom is -0.493 e. The van der Waals surface area contributed by atoms with E-state index in [9.17, 15) is 0 Å². The topological polar surface area (TPSA) is 58.5 Å². The summed E-state index contributed by atoms with van der Waals surface area (Å²) < 4.78 is 5.72. The molecule has 2 rings (SSSR count). The van der Waals surface area contributed by atoms with Crippen LogP contribution >= 0.6 is 11.3 Å². The first kappa shape index (κ1) is 20.2. The summed E-state index contributed by atoms with van der Waals surface area (Å²) in [4.78, 5) is 9.99. The molecule has 0 saturated carbocycles. The summed E-state index contributed by atoms with van der Waals surface area (Å²) in [6, 6.07) is 8.32. The summed E-state index contributed by atoms with van der Waals surface area (Å²) in [7, 11) is 1.79. The Morgan fingerprint density at radius 3 is 2.62 bits per heavy atom. The van der Waals surface area contributed by atoms with Gasteiger partial charge in [-0.2, -0.15) is 0 Å². The lowest BCUT2D eigenvalue weighted by Gasteiger charge is -2.12. The van der Waals surface area contributed by atoms with E-state index in [1.807, 2.05) is 18.3 Å². The number of aliphatic imine (C=N–C) groups is 1. The fourth-order valence-electron chi connectivity index (χ4n) is 2.31. The van der Waals surface area contributed by atoms with E-state index in [1.54, 1.807) is 18.4 Å². The molecule has 0 spiro atoms. The Labute approximate surface area is 160 Å². The number of nitrogens with zero attached hydrogens (tertiary/aromatic N) is 2. The molecule has 0 unspecified atom stereocenters. The summed E-state index contributed by atoms with van der Waals surface area (Å²) in [6.07, 6.45) is 3.92. The number of benzene rings is 1. The van der Waals surface area contributed by atoms with Crippen LogP contribution in [0.1, 0.15) is 36.2 Å². The Morgan fingerprint density at radius 1 is 1.23 bits per heavy atom. The predicted octanol–water partition coefficient (Wildman–Crippen LogP) is 3.65. The first-order valence-corrected chi connectivity index (χ1v) is 10.0. The van der Waals surface area contributed by atoms with Gasteiger partial charge in [0, 0.05) is 24.7 Å². The quantitative estimate of drug-likeness (QED) is 0.520. The maximum atomic E-state index is 5.72. The molecule has 1 aromatic heterocycles. The van der Waals surface area contributed by atoms with Gasteiger partial charge in [0.25, 0.3) is 0 Å². The second kappa shape index (κ2) is 10.8. The monoisotopic (exact) mass is 374 g/mol. The molecule has 1 aromatic carbocycles. The van der Waals surface area contributed by atoms with Gasteiger partial charge in [0.05, 0.1) is 13.2 Å². The van der Waals surface area contributed by atoms with Crippen molar-refractivity contribution in [1.29, 1.82) is 0 Å². The van der Waals surface area contributed by atoms with Crippen LogP contribution in [0, 0.1) is 5.92 Å². The molecule has 0 aliphatic rings. The van der Waals surface area contributed by atoms with E-state index in [0.717, 1.165) is 42.7 Å². The van der Waals surface area contributed by atoms with Crippen molar-refractivity contribution in [3.8, 4) is 5.75 Å². The van der Waals surface area contributed by atoms with Gasteiger partial charge in [-0.05, 0) is 36.5 Å². The Balaban J connectivity index is 1.71. The third kappa shape index (κ3) is 7.04. The van der Waals surface area contributed by atoms with E-state index in [-0.39, 0.29) is 0 Å². The van der Waals surface area contributed by atoms with Crippen molar-refractivity contribution in [1.82, 2.24) is 15.6 Å². The van der Waals surface area contributed by atoms with Crippen LogP contribution in [0.2, 0.25) is 0 Å². The molecule has 0 atom stereocenters. The van der Waals surface area contributed by atoms with E-state index in [0.29, 0.717) is 12.5 Å². The number of aryl methyl sites for hydroxylation is 1. The molecular formula is C20H30N4OS. The fraction of sp³-hybridized carbons (Fsp3) is 0.500. The Morgan fingerprint density at radius 2 is 2.00 bits per heavy atom. The highest BCUT2D eigenvalue weighted by Gasteiger charge is 2.03. The van der Waals surface area contributed by atoms with Crippen LogP contribution in [0.15, 0.2) is 35.5 Å². The van der Waals surface area contributed by atoms with E-state index >= 15 is 0 Å². The number of nitrogens with one attached hydrogen (secondary N) is 2. The van der Waals surface area contributed by atoms with Crippen LogP contribution in [0.5, 0.6) is 5.75 Å². The van der Waals surface area contributed by atoms with Crippen LogP contribution < -0.4 is 15.4 Å². The van der Waals surface area contributed by atoms with Gasteiger partial charge >= 0.3 is 0 Å². The molecular weight excluding hydrogens is 344 g/mol. The molecule has 2 aromatic rings. The Bertz CT molecular complexity index is 679. The molecule has 1 heterocycles. The zero-order chi connectivity index (χ0) is 18.8. The van der Waals surface area contributed by atoms with Gasteiger partial charge in [0.15, 0.2) is 5.96 Å². The summed E-state index contributed by atoms with van der Waals surface area (Å²) in [5, 5.41) is 7.75. The zero-order valence-corrected chi connectivity index (χ0v) is 17.0. The molecule has 0 amide bonds. The van der Waals surface area contributed by atoms with Crippen LogP contribution in [-0.2, 0) is 19.4 Å². The minimum atomic E-state index is 0.538. The highest BCUT2D eigenvalue weighted by Crippen LogP contribution is 2.14. The third-order valence-electron chi connectivity index (χ3n) is 3.79. The first-order chi connectivity index (χ1) is 12.6. The predicted molar refractivity (Wildman–Crippen MR) is 110 cm³/mol. The Kier molecular flexibility index (Phi) is 8.41. The van der Waals surface area contributed by atoms with Crippen LogP contribution in [0.3, 0.4) is 0 Å². The van der Waals surface area contributed by atoms with Gasteiger partial charge < -0.3 is 15.4 Å². The number of hydrogen-bond donors (Lipinski definition) is 2. The smallest absolute Gasteiger partial charge is 0.191 e. The molecule has 0 aliphatic carbocycles. The van der Waals surface area contributed by atoms with Gasteiger partial charge in [-0.25, -0.2) is 4.98 Å². The lowest BCUT2D eigenvalue weighted by atomic mass is 10.1. The lowest BCUT2D eigenvalue weighted by Crippen LogP contribution is -2.37. The van der Waals surface area contributed by atoms with Crippen LogP contribution in [0.4, 0.5) is 0 Å². The second-order valence-corrected chi connectivity index (χ2v) is 7.72. The molecule has 0 radical (unpaired) electrons. The van der Waals surface area contributed by atoms with Gasteiger partial charge in [0.2, 0.25) is 0 Å². The second-order valence-electron chi connectivity index (χ2n) is 6.53. The van der Waals surface area contributed by atoms with Crippen molar-refractivity contribution >= 4 is 17.3 Å². The van der Waals surface area contributed by atoms with Crippen molar-refractivity contribution in [2.45, 2.75) is 40.2 Å².